The minimum Gasteiger partial charge on any atom is -0.508 e. The van der Waals surface area contributed by atoms with Crippen LogP contribution in [0.2, 0.25) is 0 Å². The number of likely N-dealkylation sites (tertiary alicyclic amines) is 2. The van der Waals surface area contributed by atoms with Crippen molar-refractivity contribution in [2.45, 2.75) is 59.3 Å². The molecule has 0 aromatic heterocycles. The molecule has 1 atom stereocenters. The minimum absolute atomic E-state index is 0.0875. The van der Waals surface area contributed by atoms with Crippen LogP contribution >= 0.6 is 0 Å². The van der Waals surface area contributed by atoms with Crippen molar-refractivity contribution in [2.24, 2.45) is 22.2 Å². The van der Waals surface area contributed by atoms with Gasteiger partial charge in [-0.1, -0.05) is 25.1 Å². The highest BCUT2D eigenvalue weighted by molar-refractivity contribution is 6.10. The van der Waals surface area contributed by atoms with Crippen LogP contribution in [0.3, 0.4) is 0 Å². The Balaban J connectivity index is 1.18. The van der Waals surface area contributed by atoms with E-state index in [9.17, 15) is 15.2 Å². The molecular weight excluding hydrogens is 562 g/mol. The first-order valence-corrected chi connectivity index (χ1v) is 16.6. The van der Waals surface area contributed by atoms with Gasteiger partial charge in [0.2, 0.25) is 5.88 Å². The molecular formula is C37H47N5O3. The zero-order valence-corrected chi connectivity index (χ0v) is 27.1. The number of ether oxygens (including phenoxy) is 1. The van der Waals surface area contributed by atoms with Gasteiger partial charge in [-0.25, -0.2) is 0 Å². The van der Waals surface area contributed by atoms with E-state index in [4.69, 9.17) is 9.73 Å². The first-order valence-electron chi connectivity index (χ1n) is 16.6. The van der Waals surface area contributed by atoms with Gasteiger partial charge in [0.05, 0.1) is 18.2 Å². The van der Waals surface area contributed by atoms with Crippen LogP contribution in [0.25, 0.3) is 10.8 Å². The van der Waals surface area contributed by atoms with E-state index in [1.54, 1.807) is 12.1 Å². The van der Waals surface area contributed by atoms with Gasteiger partial charge in [-0.05, 0) is 112 Å². The molecule has 0 spiro atoms. The van der Waals surface area contributed by atoms with Crippen molar-refractivity contribution in [3.05, 3.63) is 65.1 Å². The lowest BCUT2D eigenvalue weighted by Crippen LogP contribution is -2.41. The fraction of sp³-hybridized carbons (Fsp3) is 0.541. The second-order valence-electron chi connectivity index (χ2n) is 14.1. The molecule has 1 saturated carbocycles. The van der Waals surface area contributed by atoms with Crippen LogP contribution < -0.4 is 0 Å². The number of aryl methyl sites for hydroxylation is 1. The van der Waals surface area contributed by atoms with E-state index in [0.29, 0.717) is 37.1 Å². The van der Waals surface area contributed by atoms with Crippen molar-refractivity contribution in [3.63, 3.8) is 0 Å². The average molecular weight is 610 g/mol. The Morgan fingerprint density at radius 1 is 1.13 bits per heavy atom. The van der Waals surface area contributed by atoms with Crippen LogP contribution in [0.4, 0.5) is 0 Å². The quantitative estimate of drug-likeness (QED) is 0.216. The Bertz CT molecular complexity index is 1570. The molecule has 8 nitrogen and oxygen atoms in total. The highest BCUT2D eigenvalue weighted by atomic mass is 16.5. The minimum atomic E-state index is -0.0875. The van der Waals surface area contributed by atoms with E-state index in [-0.39, 0.29) is 23.0 Å². The van der Waals surface area contributed by atoms with Crippen molar-refractivity contribution < 1.29 is 14.6 Å². The number of piperidine rings is 2. The summed E-state index contributed by atoms with van der Waals surface area (Å²) in [5, 5.41) is 21.5. The highest BCUT2D eigenvalue weighted by Gasteiger charge is 2.45. The Morgan fingerprint density at radius 3 is 2.62 bits per heavy atom. The number of carbonyl (C=O) groups excluding carboxylic acids is 1. The number of hydrogen-bond donors (Lipinski definition) is 1. The van der Waals surface area contributed by atoms with E-state index >= 15 is 0 Å². The number of aromatic hydroxyl groups is 1. The van der Waals surface area contributed by atoms with Crippen molar-refractivity contribution in [1.29, 1.82) is 5.26 Å². The summed E-state index contributed by atoms with van der Waals surface area (Å²) in [7, 11) is 0. The molecule has 0 bridgehead atoms. The maximum absolute atomic E-state index is 14.0. The zero-order chi connectivity index (χ0) is 31.7. The maximum atomic E-state index is 14.0. The van der Waals surface area contributed by atoms with Crippen molar-refractivity contribution in [2.75, 3.05) is 52.4 Å². The average Bonchev–Trinajstić information content (AvgIpc) is 3.69. The Morgan fingerprint density at radius 2 is 1.91 bits per heavy atom. The molecule has 4 aliphatic rings. The second kappa shape index (κ2) is 12.9. The molecule has 45 heavy (non-hydrogen) atoms. The molecule has 2 aromatic carbocycles. The lowest BCUT2D eigenvalue weighted by Gasteiger charge is -2.34. The first kappa shape index (κ1) is 31.2. The van der Waals surface area contributed by atoms with Crippen LogP contribution in [0.1, 0.15) is 68.3 Å². The van der Waals surface area contributed by atoms with Gasteiger partial charge in [-0.2, -0.15) is 10.3 Å². The van der Waals surface area contributed by atoms with E-state index < -0.39 is 0 Å². The van der Waals surface area contributed by atoms with Gasteiger partial charge in [0.15, 0.2) is 0 Å². The zero-order valence-electron chi connectivity index (χ0n) is 27.1. The summed E-state index contributed by atoms with van der Waals surface area (Å²) in [5.41, 5.74) is 3.87. The summed E-state index contributed by atoms with van der Waals surface area (Å²) in [6.45, 7) is 17.0. The van der Waals surface area contributed by atoms with Gasteiger partial charge in [0, 0.05) is 49.6 Å². The van der Waals surface area contributed by atoms with Gasteiger partial charge >= 0.3 is 0 Å². The summed E-state index contributed by atoms with van der Waals surface area (Å²) in [6.07, 6.45) is 6.49. The third-order valence-corrected chi connectivity index (χ3v) is 10.3. The number of phenolic OH excluding ortho intramolecular Hbond substituents is 1. The predicted molar refractivity (Wildman–Crippen MR) is 178 cm³/mol. The van der Waals surface area contributed by atoms with Gasteiger partial charge in [-0.15, -0.1) is 0 Å². The Labute approximate surface area is 267 Å². The number of rotatable bonds is 8. The van der Waals surface area contributed by atoms with E-state index in [1.165, 1.54) is 6.42 Å². The normalized spacial score (nSPS) is 22.5. The summed E-state index contributed by atoms with van der Waals surface area (Å²) >= 11 is 0. The van der Waals surface area contributed by atoms with E-state index in [0.717, 1.165) is 98.1 Å². The molecule has 3 aliphatic heterocycles. The number of carbonyl (C=O) groups is 1. The number of nitrogens with zero attached hydrogens (tertiary/aromatic N) is 5. The third-order valence-electron chi connectivity index (χ3n) is 10.3. The van der Waals surface area contributed by atoms with Crippen molar-refractivity contribution in [1.82, 2.24) is 14.7 Å². The number of phenols is 1. The smallest absolute Gasteiger partial charge is 0.255 e. The topological polar surface area (TPSA) is 92.4 Å². The third kappa shape index (κ3) is 6.89. The number of fused-ring (bicyclic) bond motifs is 1. The number of benzene rings is 2. The molecule has 0 radical (unpaired) electrons. The molecule has 1 aliphatic carbocycles. The largest absolute Gasteiger partial charge is 0.508 e. The van der Waals surface area contributed by atoms with E-state index in [2.05, 4.69) is 36.3 Å². The van der Waals surface area contributed by atoms with Crippen LogP contribution in [0.5, 0.6) is 5.75 Å². The molecule has 6 rings (SSSR count). The summed E-state index contributed by atoms with van der Waals surface area (Å²) in [4.78, 5) is 25.8. The molecule has 2 aromatic rings. The lowest BCUT2D eigenvalue weighted by atomic mass is 9.97. The van der Waals surface area contributed by atoms with Gasteiger partial charge in [0.25, 0.3) is 5.91 Å². The van der Waals surface area contributed by atoms with Crippen LogP contribution in [0, 0.1) is 35.5 Å². The maximum Gasteiger partial charge on any atom is 0.255 e. The molecule has 238 valence electrons. The molecule has 3 fully saturated rings. The van der Waals surface area contributed by atoms with E-state index in [1.807, 2.05) is 30.0 Å². The number of aliphatic imine (C=N–C) groups is 1. The SMILES string of the molecule is C=C(/N=C(\C1=C(C)CN(C(=O)c2cc(O)cc3cccc(C)c23)C1)N1CCCC(C)C1)OCC1(CN2CCC(C#N)CC2)CC1. The highest BCUT2D eigenvalue weighted by Crippen LogP contribution is 2.47. The molecule has 3 heterocycles. The molecule has 1 N–H and O–H groups in total. The van der Waals surface area contributed by atoms with Crippen LogP contribution in [-0.2, 0) is 4.74 Å². The first-order chi connectivity index (χ1) is 21.6. The number of nitriles is 1. The van der Waals surface area contributed by atoms with Crippen molar-refractivity contribution in [3.8, 4) is 11.8 Å². The standard InChI is InChI=1S/C37H47N5O3/c1-25-7-6-14-41(20-25)35(39-28(4)45-24-37(12-13-37)23-40-15-10-29(19-38)11-16-40)33-22-42(21-27(33)3)36(44)32-18-31(43)17-30-9-5-8-26(2)34(30)32/h5,8-9,17-18,25,29,43H,4,6-7,10-16,20-24H2,1-3H3/b39-35+. The molecule has 1 amide bonds. The van der Waals surface area contributed by atoms with Gasteiger partial charge in [-0.3, -0.25) is 4.79 Å². The molecule has 8 heteroatoms. The predicted octanol–water partition coefficient (Wildman–Crippen LogP) is 6.26. The summed E-state index contributed by atoms with van der Waals surface area (Å²) < 4.78 is 6.30. The summed E-state index contributed by atoms with van der Waals surface area (Å²) in [5.74, 6) is 2.06. The van der Waals surface area contributed by atoms with Crippen LogP contribution in [-0.4, -0.2) is 84.0 Å². The van der Waals surface area contributed by atoms with Gasteiger partial charge in [0.1, 0.15) is 11.6 Å². The number of amidine groups is 1. The molecule has 2 saturated heterocycles. The van der Waals surface area contributed by atoms with Gasteiger partial charge < -0.3 is 24.5 Å². The van der Waals surface area contributed by atoms with Crippen LogP contribution in [0.15, 0.2) is 58.9 Å². The van der Waals surface area contributed by atoms with Crippen molar-refractivity contribution >= 4 is 22.5 Å². The number of amides is 1. The Hall–Kier alpha value is -3.83. The lowest BCUT2D eigenvalue weighted by molar-refractivity contribution is 0.0798. The fourth-order valence-corrected chi connectivity index (χ4v) is 7.42. The number of hydrogen-bond acceptors (Lipinski definition) is 6. The monoisotopic (exact) mass is 609 g/mol. The fourth-order valence-electron chi connectivity index (χ4n) is 7.42. The molecule has 1 unspecified atom stereocenters. The second-order valence-corrected chi connectivity index (χ2v) is 14.1. The summed E-state index contributed by atoms with van der Waals surface area (Å²) in [6, 6.07) is 11.6. The Kier molecular flexibility index (Phi) is 8.92.